The second-order valence-corrected chi connectivity index (χ2v) is 5.15. The van der Waals surface area contributed by atoms with Gasteiger partial charge in [0.1, 0.15) is 0 Å². The predicted molar refractivity (Wildman–Crippen MR) is 67.8 cm³/mol. The third-order valence-electron chi connectivity index (χ3n) is 3.84. The smallest absolute Gasteiger partial charge is 0.220 e. The van der Waals surface area contributed by atoms with E-state index in [2.05, 4.69) is 17.6 Å². The van der Waals surface area contributed by atoms with Gasteiger partial charge in [-0.25, -0.2) is 0 Å². The molecule has 94 valence electrons. The molecule has 2 fully saturated rings. The first-order valence-electron chi connectivity index (χ1n) is 6.26. The molecular formula is C12H23ClN2O. The van der Waals surface area contributed by atoms with Crippen LogP contribution in [-0.2, 0) is 4.79 Å². The summed E-state index contributed by atoms with van der Waals surface area (Å²) in [6.45, 7) is 4.35. The Kier molecular flexibility index (Phi) is 5.56. The second kappa shape index (κ2) is 6.45. The standard InChI is InChI=1S/C12H22N2O.ClH/c1-9-3-2-4-11(9)14-12(15)7-10-5-6-13-8-10;/h9-11,13H,2-8H2,1H3,(H,14,15);1H. The molecule has 0 bridgehead atoms. The third-order valence-corrected chi connectivity index (χ3v) is 3.84. The van der Waals surface area contributed by atoms with Crippen LogP contribution in [0.15, 0.2) is 0 Å². The highest BCUT2D eigenvalue weighted by atomic mass is 35.5. The lowest BCUT2D eigenvalue weighted by molar-refractivity contribution is -0.122. The van der Waals surface area contributed by atoms with Crippen molar-refractivity contribution in [3.05, 3.63) is 0 Å². The van der Waals surface area contributed by atoms with Gasteiger partial charge < -0.3 is 10.6 Å². The van der Waals surface area contributed by atoms with E-state index in [-0.39, 0.29) is 18.3 Å². The summed E-state index contributed by atoms with van der Waals surface area (Å²) < 4.78 is 0. The predicted octanol–water partition coefficient (Wildman–Crippen LogP) is 1.71. The van der Waals surface area contributed by atoms with E-state index in [1.165, 1.54) is 19.3 Å². The average Bonchev–Trinajstić information content (AvgIpc) is 2.79. The first-order valence-corrected chi connectivity index (χ1v) is 6.26. The summed E-state index contributed by atoms with van der Waals surface area (Å²) in [7, 11) is 0. The topological polar surface area (TPSA) is 41.1 Å². The lowest BCUT2D eigenvalue weighted by Gasteiger charge is -2.18. The van der Waals surface area contributed by atoms with E-state index in [0.717, 1.165) is 25.9 Å². The van der Waals surface area contributed by atoms with Crippen LogP contribution in [-0.4, -0.2) is 25.0 Å². The van der Waals surface area contributed by atoms with Crippen LogP contribution in [0.5, 0.6) is 0 Å². The van der Waals surface area contributed by atoms with Gasteiger partial charge in [-0.2, -0.15) is 0 Å². The fraction of sp³-hybridized carbons (Fsp3) is 0.917. The molecular weight excluding hydrogens is 224 g/mol. The number of rotatable bonds is 3. The summed E-state index contributed by atoms with van der Waals surface area (Å²) in [5.74, 6) is 1.51. The monoisotopic (exact) mass is 246 g/mol. The van der Waals surface area contributed by atoms with Crippen molar-refractivity contribution in [2.24, 2.45) is 11.8 Å². The molecule has 1 saturated heterocycles. The Labute approximate surface area is 104 Å². The Morgan fingerprint density at radius 2 is 2.19 bits per heavy atom. The molecule has 2 rings (SSSR count). The van der Waals surface area contributed by atoms with Crippen molar-refractivity contribution in [2.75, 3.05) is 13.1 Å². The minimum atomic E-state index is 0. The van der Waals surface area contributed by atoms with Crippen molar-refractivity contribution in [1.82, 2.24) is 10.6 Å². The molecule has 1 aliphatic heterocycles. The highest BCUT2D eigenvalue weighted by molar-refractivity contribution is 5.85. The summed E-state index contributed by atoms with van der Waals surface area (Å²) in [5.41, 5.74) is 0. The van der Waals surface area contributed by atoms with Gasteiger partial charge in [-0.15, -0.1) is 12.4 Å². The summed E-state index contributed by atoms with van der Waals surface area (Å²) in [5, 5.41) is 6.49. The molecule has 2 aliphatic rings. The number of hydrogen-bond donors (Lipinski definition) is 2. The Morgan fingerprint density at radius 1 is 1.38 bits per heavy atom. The summed E-state index contributed by atoms with van der Waals surface area (Å²) in [6, 6.07) is 0.451. The molecule has 1 amide bonds. The molecule has 3 unspecified atom stereocenters. The number of hydrogen-bond acceptors (Lipinski definition) is 2. The van der Waals surface area contributed by atoms with Gasteiger partial charge in [-0.1, -0.05) is 13.3 Å². The van der Waals surface area contributed by atoms with Crippen molar-refractivity contribution in [3.63, 3.8) is 0 Å². The van der Waals surface area contributed by atoms with Crippen LogP contribution in [0.2, 0.25) is 0 Å². The highest BCUT2D eigenvalue weighted by Gasteiger charge is 2.26. The van der Waals surface area contributed by atoms with Crippen molar-refractivity contribution in [3.8, 4) is 0 Å². The number of halogens is 1. The molecule has 1 saturated carbocycles. The van der Waals surface area contributed by atoms with E-state index in [1.807, 2.05) is 0 Å². The zero-order chi connectivity index (χ0) is 10.7. The SMILES string of the molecule is CC1CCCC1NC(=O)CC1CCNC1.Cl. The van der Waals surface area contributed by atoms with Crippen LogP contribution in [0.4, 0.5) is 0 Å². The van der Waals surface area contributed by atoms with E-state index >= 15 is 0 Å². The van der Waals surface area contributed by atoms with E-state index < -0.39 is 0 Å². The van der Waals surface area contributed by atoms with Gasteiger partial charge >= 0.3 is 0 Å². The Morgan fingerprint density at radius 3 is 2.75 bits per heavy atom. The first kappa shape index (κ1) is 13.8. The number of carbonyl (C=O) groups is 1. The van der Waals surface area contributed by atoms with E-state index in [1.54, 1.807) is 0 Å². The van der Waals surface area contributed by atoms with Gasteiger partial charge in [0.15, 0.2) is 0 Å². The molecule has 1 heterocycles. The lowest BCUT2D eigenvalue weighted by atomic mass is 10.0. The second-order valence-electron chi connectivity index (χ2n) is 5.15. The fourth-order valence-electron chi connectivity index (χ4n) is 2.78. The quantitative estimate of drug-likeness (QED) is 0.796. The van der Waals surface area contributed by atoms with E-state index in [4.69, 9.17) is 0 Å². The largest absolute Gasteiger partial charge is 0.353 e. The van der Waals surface area contributed by atoms with Gasteiger partial charge in [0.25, 0.3) is 0 Å². The number of nitrogens with one attached hydrogen (secondary N) is 2. The van der Waals surface area contributed by atoms with Gasteiger partial charge in [0, 0.05) is 12.5 Å². The molecule has 0 radical (unpaired) electrons. The molecule has 3 nitrogen and oxygen atoms in total. The molecule has 1 aliphatic carbocycles. The Bertz CT molecular complexity index is 229. The lowest BCUT2D eigenvalue weighted by Crippen LogP contribution is -2.37. The van der Waals surface area contributed by atoms with Gasteiger partial charge in [-0.3, -0.25) is 4.79 Å². The van der Waals surface area contributed by atoms with Crippen LogP contribution in [0.1, 0.15) is 39.0 Å². The van der Waals surface area contributed by atoms with Crippen molar-refractivity contribution in [2.45, 2.75) is 45.1 Å². The van der Waals surface area contributed by atoms with Gasteiger partial charge in [0.05, 0.1) is 0 Å². The minimum absolute atomic E-state index is 0. The third kappa shape index (κ3) is 3.63. The molecule has 0 spiro atoms. The van der Waals surface area contributed by atoms with E-state index in [0.29, 0.717) is 17.9 Å². The maximum atomic E-state index is 11.8. The Hall–Kier alpha value is -0.280. The van der Waals surface area contributed by atoms with Crippen LogP contribution < -0.4 is 10.6 Å². The van der Waals surface area contributed by atoms with Crippen molar-refractivity contribution < 1.29 is 4.79 Å². The normalized spacial score (nSPS) is 33.4. The molecule has 0 aromatic rings. The van der Waals surface area contributed by atoms with Crippen LogP contribution in [0.3, 0.4) is 0 Å². The van der Waals surface area contributed by atoms with Crippen molar-refractivity contribution in [1.29, 1.82) is 0 Å². The summed E-state index contributed by atoms with van der Waals surface area (Å²) >= 11 is 0. The van der Waals surface area contributed by atoms with Crippen molar-refractivity contribution >= 4 is 18.3 Å². The fourth-order valence-corrected chi connectivity index (χ4v) is 2.78. The Balaban J connectivity index is 0.00000128. The molecule has 16 heavy (non-hydrogen) atoms. The highest BCUT2D eigenvalue weighted by Crippen LogP contribution is 2.25. The molecule has 0 aromatic carbocycles. The maximum absolute atomic E-state index is 11.8. The molecule has 4 heteroatoms. The summed E-state index contributed by atoms with van der Waals surface area (Å²) in [6.07, 6.45) is 5.60. The molecule has 2 N–H and O–H groups in total. The van der Waals surface area contributed by atoms with Gasteiger partial charge in [-0.05, 0) is 44.2 Å². The number of carbonyl (C=O) groups excluding carboxylic acids is 1. The average molecular weight is 247 g/mol. The first-order chi connectivity index (χ1) is 7.25. The minimum Gasteiger partial charge on any atom is -0.353 e. The molecule has 3 atom stereocenters. The van der Waals surface area contributed by atoms with Gasteiger partial charge in [0.2, 0.25) is 5.91 Å². The van der Waals surface area contributed by atoms with Crippen LogP contribution >= 0.6 is 12.4 Å². The maximum Gasteiger partial charge on any atom is 0.220 e. The zero-order valence-corrected chi connectivity index (χ0v) is 10.8. The van der Waals surface area contributed by atoms with E-state index in [9.17, 15) is 4.79 Å². The molecule has 0 aromatic heterocycles. The zero-order valence-electron chi connectivity index (χ0n) is 10.00. The summed E-state index contributed by atoms with van der Waals surface area (Å²) in [4.78, 5) is 11.8. The van der Waals surface area contributed by atoms with Crippen LogP contribution in [0, 0.1) is 11.8 Å². The van der Waals surface area contributed by atoms with Crippen LogP contribution in [0.25, 0.3) is 0 Å². The number of amides is 1.